The summed E-state index contributed by atoms with van der Waals surface area (Å²) < 4.78 is 7.56. The molecule has 0 aliphatic heterocycles. The third-order valence-corrected chi connectivity index (χ3v) is 7.08. The molecule has 5 heterocycles. The van der Waals surface area contributed by atoms with Crippen LogP contribution < -0.4 is 5.56 Å². The summed E-state index contributed by atoms with van der Waals surface area (Å²) in [6, 6.07) is 19.3. The smallest absolute Gasteiger partial charge is 0.277 e. The number of aromatic nitrogens is 5. The van der Waals surface area contributed by atoms with Crippen molar-refractivity contribution in [3.63, 3.8) is 0 Å². The normalized spacial score (nSPS) is 11.4. The monoisotopic (exact) mass is 483 g/mol. The van der Waals surface area contributed by atoms with Crippen molar-refractivity contribution in [1.82, 2.24) is 24.6 Å². The fraction of sp³-hybridized carbons (Fsp3) is 0.0800. The zero-order chi connectivity index (χ0) is 23.1. The molecule has 0 amide bonds. The topological polar surface area (TPSA) is 86.2 Å². The highest BCUT2D eigenvalue weighted by Crippen LogP contribution is 2.34. The van der Waals surface area contributed by atoms with E-state index in [9.17, 15) is 4.79 Å². The Morgan fingerprint density at radius 2 is 1.94 bits per heavy atom. The van der Waals surface area contributed by atoms with E-state index in [0.717, 1.165) is 32.6 Å². The van der Waals surface area contributed by atoms with E-state index in [2.05, 4.69) is 15.2 Å². The maximum Gasteiger partial charge on any atom is 0.277 e. The molecule has 6 rings (SSSR count). The molecule has 34 heavy (non-hydrogen) atoms. The predicted octanol–water partition coefficient (Wildman–Crippen LogP) is 5.62. The summed E-state index contributed by atoms with van der Waals surface area (Å²) in [5.41, 5.74) is 4.74. The lowest BCUT2D eigenvalue weighted by molar-refractivity contribution is 0.466. The fourth-order valence-electron chi connectivity index (χ4n) is 3.75. The predicted molar refractivity (Wildman–Crippen MR) is 134 cm³/mol. The highest BCUT2D eigenvalue weighted by atomic mass is 32.2. The minimum atomic E-state index is -0.111. The second-order valence-electron chi connectivity index (χ2n) is 7.73. The number of pyridine rings is 2. The Labute approximate surface area is 202 Å². The number of aryl methyl sites for hydroxylation is 1. The lowest BCUT2D eigenvalue weighted by atomic mass is 10.1. The van der Waals surface area contributed by atoms with Crippen LogP contribution in [0.1, 0.15) is 11.3 Å². The van der Waals surface area contributed by atoms with Gasteiger partial charge in [0.2, 0.25) is 5.89 Å². The number of hydrogen-bond donors (Lipinski definition) is 0. The Kier molecular flexibility index (Phi) is 5.20. The Bertz CT molecular complexity index is 1710. The van der Waals surface area contributed by atoms with Crippen LogP contribution in [0.2, 0.25) is 0 Å². The van der Waals surface area contributed by atoms with Crippen LogP contribution in [0.4, 0.5) is 0 Å². The van der Waals surface area contributed by atoms with E-state index in [0.29, 0.717) is 28.2 Å². The average Bonchev–Trinajstić information content (AvgIpc) is 3.55. The van der Waals surface area contributed by atoms with Gasteiger partial charge in [0.05, 0.1) is 27.3 Å². The first-order valence-electron chi connectivity index (χ1n) is 10.5. The summed E-state index contributed by atoms with van der Waals surface area (Å²) in [6.07, 6.45) is 1.79. The first kappa shape index (κ1) is 20.8. The number of para-hydroxylation sites is 1. The van der Waals surface area contributed by atoms with Gasteiger partial charge >= 0.3 is 0 Å². The first-order valence-corrected chi connectivity index (χ1v) is 12.4. The molecule has 6 aromatic rings. The Hall–Kier alpha value is -3.82. The molecule has 0 bridgehead atoms. The second kappa shape index (κ2) is 8.51. The van der Waals surface area contributed by atoms with Crippen LogP contribution in [0.5, 0.6) is 0 Å². The maximum atomic E-state index is 12.5. The van der Waals surface area contributed by atoms with Crippen LogP contribution in [0.15, 0.2) is 86.7 Å². The third kappa shape index (κ3) is 3.89. The van der Waals surface area contributed by atoms with Gasteiger partial charge in [0.25, 0.3) is 10.8 Å². The summed E-state index contributed by atoms with van der Waals surface area (Å²) in [7, 11) is 0. The zero-order valence-corrected chi connectivity index (χ0v) is 19.6. The molecule has 0 saturated carbocycles. The van der Waals surface area contributed by atoms with Crippen molar-refractivity contribution in [1.29, 1.82) is 0 Å². The van der Waals surface area contributed by atoms with Crippen molar-refractivity contribution in [3.05, 3.63) is 93.9 Å². The molecule has 0 spiro atoms. The van der Waals surface area contributed by atoms with Crippen LogP contribution in [0, 0.1) is 6.92 Å². The largest absolute Gasteiger partial charge is 0.411 e. The van der Waals surface area contributed by atoms with Crippen LogP contribution >= 0.6 is 23.1 Å². The average molecular weight is 484 g/mol. The molecule has 0 fully saturated rings. The molecule has 0 saturated heterocycles. The number of fused-ring (bicyclic) bond motifs is 2. The van der Waals surface area contributed by atoms with Crippen LogP contribution in [-0.2, 0) is 5.75 Å². The Morgan fingerprint density at radius 3 is 2.82 bits per heavy atom. The van der Waals surface area contributed by atoms with E-state index in [1.807, 2.05) is 66.9 Å². The van der Waals surface area contributed by atoms with Gasteiger partial charge in [-0.1, -0.05) is 42.1 Å². The van der Waals surface area contributed by atoms with Crippen molar-refractivity contribution >= 4 is 39.6 Å². The molecular weight excluding hydrogens is 466 g/mol. The van der Waals surface area contributed by atoms with E-state index in [1.54, 1.807) is 28.0 Å². The Morgan fingerprint density at radius 1 is 1.03 bits per heavy atom. The molecule has 0 aliphatic carbocycles. The molecule has 5 aromatic heterocycles. The van der Waals surface area contributed by atoms with Crippen molar-refractivity contribution < 1.29 is 4.42 Å². The van der Waals surface area contributed by atoms with Crippen molar-refractivity contribution in [2.45, 2.75) is 17.9 Å². The van der Waals surface area contributed by atoms with Gasteiger partial charge < -0.3 is 4.42 Å². The molecule has 0 aliphatic rings. The lowest BCUT2D eigenvalue weighted by Crippen LogP contribution is -2.15. The fourth-order valence-corrected chi connectivity index (χ4v) is 5.09. The molecular formula is C25H17N5O2S2. The standard InChI is InChI=1S/C25H17N5O2S2/c1-15-8-9-22-26-16(11-23(31)30(22)13-15)14-34-25-29-28-24(32-25)18-12-20(21-7-4-10-33-21)27-19-6-3-2-5-17(18)19/h2-13H,14H2,1H3. The molecule has 1 aromatic carbocycles. The van der Waals surface area contributed by atoms with Crippen molar-refractivity contribution in [3.8, 4) is 22.0 Å². The summed E-state index contributed by atoms with van der Waals surface area (Å²) in [6.45, 7) is 1.94. The molecule has 7 nitrogen and oxygen atoms in total. The number of thioether (sulfide) groups is 1. The van der Waals surface area contributed by atoms with Crippen molar-refractivity contribution in [2.75, 3.05) is 0 Å². The number of rotatable bonds is 5. The van der Waals surface area contributed by atoms with Crippen LogP contribution in [0.3, 0.4) is 0 Å². The van der Waals surface area contributed by atoms with Gasteiger partial charge in [-0.05, 0) is 42.1 Å². The van der Waals surface area contributed by atoms with Crippen LogP contribution in [0.25, 0.3) is 38.6 Å². The van der Waals surface area contributed by atoms with Gasteiger partial charge in [-0.2, -0.15) is 0 Å². The van der Waals surface area contributed by atoms with Gasteiger partial charge in [0.1, 0.15) is 5.65 Å². The van der Waals surface area contributed by atoms with E-state index >= 15 is 0 Å². The molecule has 0 radical (unpaired) electrons. The molecule has 0 N–H and O–H groups in total. The lowest BCUT2D eigenvalue weighted by Gasteiger charge is -2.06. The van der Waals surface area contributed by atoms with E-state index in [1.165, 1.54) is 11.8 Å². The first-order chi connectivity index (χ1) is 16.6. The van der Waals surface area contributed by atoms with Gasteiger partial charge in [-0.25, -0.2) is 9.97 Å². The summed E-state index contributed by atoms with van der Waals surface area (Å²) >= 11 is 2.99. The van der Waals surface area contributed by atoms with E-state index < -0.39 is 0 Å². The molecule has 0 unspecified atom stereocenters. The van der Waals surface area contributed by atoms with Gasteiger partial charge in [0.15, 0.2) is 0 Å². The van der Waals surface area contributed by atoms with Crippen LogP contribution in [-0.4, -0.2) is 24.6 Å². The maximum absolute atomic E-state index is 12.5. The highest BCUT2D eigenvalue weighted by molar-refractivity contribution is 7.98. The van der Waals surface area contributed by atoms with E-state index in [4.69, 9.17) is 9.40 Å². The van der Waals surface area contributed by atoms with Gasteiger partial charge in [-0.15, -0.1) is 21.5 Å². The van der Waals surface area contributed by atoms with E-state index in [-0.39, 0.29) is 5.56 Å². The highest BCUT2D eigenvalue weighted by Gasteiger charge is 2.16. The summed E-state index contributed by atoms with van der Waals surface area (Å²) in [5, 5.41) is 11.9. The van der Waals surface area contributed by atoms with Gasteiger partial charge in [0, 0.05) is 23.4 Å². The molecule has 166 valence electrons. The SMILES string of the molecule is Cc1ccc2nc(CSc3nnc(-c4cc(-c5cccs5)nc5ccccc45)o3)cc(=O)n2c1. The summed E-state index contributed by atoms with van der Waals surface area (Å²) in [5.74, 6) is 0.875. The number of hydrogen-bond acceptors (Lipinski definition) is 8. The second-order valence-corrected chi connectivity index (χ2v) is 9.61. The molecule has 0 atom stereocenters. The minimum Gasteiger partial charge on any atom is -0.411 e. The minimum absolute atomic E-state index is 0.111. The molecule has 9 heteroatoms. The number of benzene rings is 1. The number of nitrogens with zero attached hydrogens (tertiary/aromatic N) is 5. The van der Waals surface area contributed by atoms with Gasteiger partial charge in [-0.3, -0.25) is 9.20 Å². The Balaban J connectivity index is 1.31. The third-order valence-electron chi connectivity index (χ3n) is 5.33. The number of thiophene rings is 1. The summed E-state index contributed by atoms with van der Waals surface area (Å²) in [4.78, 5) is 22.9. The quantitative estimate of drug-likeness (QED) is 0.294. The zero-order valence-electron chi connectivity index (χ0n) is 18.0. The van der Waals surface area contributed by atoms with Crippen molar-refractivity contribution in [2.24, 2.45) is 0 Å².